The van der Waals surface area contributed by atoms with Gasteiger partial charge in [-0.1, -0.05) is 34.8 Å². The van der Waals surface area contributed by atoms with Crippen molar-refractivity contribution in [2.45, 2.75) is 0 Å². The minimum Gasteiger partial charge on any atom is -0.372 e. The van der Waals surface area contributed by atoms with Gasteiger partial charge in [-0.2, -0.15) is 0 Å². The molecule has 0 saturated carbocycles. The number of rotatable bonds is 3. The third-order valence-electron chi connectivity index (χ3n) is 2.35. The molecule has 0 atom stereocenters. The van der Waals surface area contributed by atoms with E-state index < -0.39 is 5.82 Å². The second-order valence-corrected chi connectivity index (χ2v) is 4.87. The summed E-state index contributed by atoms with van der Waals surface area (Å²) in [6, 6.07) is 5.55. The molecule has 0 unspecified atom stereocenters. The predicted octanol–water partition coefficient (Wildman–Crippen LogP) is 4.97. The van der Waals surface area contributed by atoms with Gasteiger partial charge in [-0.25, -0.2) is 9.37 Å². The topological polar surface area (TPSA) is 37.0 Å². The molecular weight excluding hydrogens is 312 g/mol. The Bertz CT molecular complexity index is 619. The zero-order valence-electron chi connectivity index (χ0n) is 9.77. The Morgan fingerprint density at radius 3 is 2.32 bits per heavy atom. The van der Waals surface area contributed by atoms with Crippen LogP contribution in [0.1, 0.15) is 0 Å². The first-order valence-corrected chi connectivity index (χ1v) is 6.40. The van der Waals surface area contributed by atoms with E-state index in [0.717, 1.165) is 0 Å². The van der Waals surface area contributed by atoms with Gasteiger partial charge in [0.1, 0.15) is 11.6 Å². The summed E-state index contributed by atoms with van der Waals surface area (Å²) in [6.45, 7) is 0. The highest BCUT2D eigenvalue weighted by atomic mass is 35.5. The van der Waals surface area contributed by atoms with E-state index in [4.69, 9.17) is 34.8 Å². The maximum atomic E-state index is 13.0. The van der Waals surface area contributed by atoms with Gasteiger partial charge in [0.15, 0.2) is 5.82 Å². The zero-order chi connectivity index (χ0) is 14.0. The largest absolute Gasteiger partial charge is 0.372 e. The first kappa shape index (κ1) is 14.2. The van der Waals surface area contributed by atoms with Gasteiger partial charge in [-0.05, 0) is 24.3 Å². The number of hydrogen-bond acceptors (Lipinski definition) is 3. The molecule has 0 bridgehead atoms. The second-order valence-electron chi connectivity index (χ2n) is 3.65. The molecule has 0 aliphatic rings. The lowest BCUT2D eigenvalue weighted by Crippen LogP contribution is -2.00. The van der Waals surface area contributed by atoms with Crippen molar-refractivity contribution in [3.63, 3.8) is 0 Å². The molecule has 0 fully saturated rings. The molecule has 0 aliphatic carbocycles. The van der Waals surface area contributed by atoms with Gasteiger partial charge in [-0.15, -0.1) is 0 Å². The SMILES string of the molecule is CNc1nc(Nc2ccc(F)cc2Cl)c(Cl)cc1Cl. The van der Waals surface area contributed by atoms with E-state index in [-0.39, 0.29) is 5.02 Å². The number of pyridine rings is 1. The fraction of sp³-hybridized carbons (Fsp3) is 0.0833. The third kappa shape index (κ3) is 3.21. The van der Waals surface area contributed by atoms with Crippen LogP contribution in [0.2, 0.25) is 15.1 Å². The molecule has 2 rings (SSSR count). The van der Waals surface area contributed by atoms with Crippen molar-refractivity contribution in [3.8, 4) is 0 Å². The van der Waals surface area contributed by atoms with Gasteiger partial charge in [0.25, 0.3) is 0 Å². The van der Waals surface area contributed by atoms with Gasteiger partial charge in [-0.3, -0.25) is 0 Å². The monoisotopic (exact) mass is 319 g/mol. The normalized spacial score (nSPS) is 10.4. The van der Waals surface area contributed by atoms with E-state index in [1.807, 2.05) is 0 Å². The molecule has 0 radical (unpaired) electrons. The molecule has 2 aromatic rings. The molecule has 1 aromatic heterocycles. The fourth-order valence-corrected chi connectivity index (χ4v) is 2.16. The lowest BCUT2D eigenvalue weighted by atomic mass is 10.3. The minimum absolute atomic E-state index is 0.235. The second kappa shape index (κ2) is 5.82. The molecule has 1 heterocycles. The van der Waals surface area contributed by atoms with Crippen LogP contribution in [0.3, 0.4) is 0 Å². The van der Waals surface area contributed by atoms with Crippen LogP contribution in [-0.4, -0.2) is 12.0 Å². The van der Waals surface area contributed by atoms with Crippen LogP contribution in [0.4, 0.5) is 21.7 Å². The Morgan fingerprint density at radius 1 is 1.00 bits per heavy atom. The number of nitrogens with one attached hydrogen (secondary N) is 2. The maximum absolute atomic E-state index is 13.0. The summed E-state index contributed by atoms with van der Waals surface area (Å²) in [5, 5.41) is 6.75. The Kier molecular flexibility index (Phi) is 4.34. The Hall–Kier alpha value is -1.23. The van der Waals surface area contributed by atoms with Gasteiger partial charge in [0.05, 0.1) is 20.8 Å². The molecule has 100 valence electrons. The first-order chi connectivity index (χ1) is 9.01. The van der Waals surface area contributed by atoms with Crippen molar-refractivity contribution in [3.05, 3.63) is 45.2 Å². The van der Waals surface area contributed by atoms with Crippen LogP contribution >= 0.6 is 34.8 Å². The molecule has 0 saturated heterocycles. The molecule has 0 spiro atoms. The highest BCUT2D eigenvalue weighted by Crippen LogP contribution is 2.32. The van der Waals surface area contributed by atoms with E-state index >= 15 is 0 Å². The van der Waals surface area contributed by atoms with Crippen molar-refractivity contribution in [1.29, 1.82) is 0 Å². The van der Waals surface area contributed by atoms with Crippen molar-refractivity contribution in [1.82, 2.24) is 4.98 Å². The molecule has 1 aromatic carbocycles. The number of hydrogen-bond donors (Lipinski definition) is 2. The van der Waals surface area contributed by atoms with Gasteiger partial charge < -0.3 is 10.6 Å². The number of nitrogens with zero attached hydrogens (tertiary/aromatic N) is 1. The van der Waals surface area contributed by atoms with E-state index in [1.54, 1.807) is 13.1 Å². The van der Waals surface area contributed by atoms with Crippen LogP contribution in [-0.2, 0) is 0 Å². The summed E-state index contributed by atoms with van der Waals surface area (Å²) >= 11 is 17.9. The van der Waals surface area contributed by atoms with Crippen molar-refractivity contribution in [2.75, 3.05) is 17.7 Å². The predicted molar refractivity (Wildman–Crippen MR) is 78.5 cm³/mol. The van der Waals surface area contributed by atoms with Gasteiger partial charge >= 0.3 is 0 Å². The van der Waals surface area contributed by atoms with Crippen LogP contribution in [0.25, 0.3) is 0 Å². The zero-order valence-corrected chi connectivity index (χ0v) is 12.0. The Morgan fingerprint density at radius 2 is 1.68 bits per heavy atom. The lowest BCUT2D eigenvalue weighted by molar-refractivity contribution is 0.628. The highest BCUT2D eigenvalue weighted by Gasteiger charge is 2.10. The summed E-state index contributed by atoms with van der Waals surface area (Å²) in [5.74, 6) is 0.442. The van der Waals surface area contributed by atoms with Crippen LogP contribution in [0.5, 0.6) is 0 Å². The Balaban J connectivity index is 2.37. The van der Waals surface area contributed by atoms with E-state index in [1.165, 1.54) is 18.2 Å². The number of halogens is 4. The van der Waals surface area contributed by atoms with Crippen LogP contribution in [0, 0.1) is 5.82 Å². The average Bonchev–Trinajstić information content (AvgIpc) is 2.35. The molecule has 2 N–H and O–H groups in total. The molecule has 19 heavy (non-hydrogen) atoms. The van der Waals surface area contributed by atoms with Gasteiger partial charge in [0, 0.05) is 7.05 Å². The summed E-state index contributed by atoms with van der Waals surface area (Å²) in [5.41, 5.74) is 0.502. The summed E-state index contributed by atoms with van der Waals surface area (Å²) in [6.07, 6.45) is 0. The fourth-order valence-electron chi connectivity index (χ4n) is 1.45. The molecule has 0 amide bonds. The van der Waals surface area contributed by atoms with Crippen LogP contribution < -0.4 is 10.6 Å². The van der Waals surface area contributed by atoms with E-state index in [2.05, 4.69) is 15.6 Å². The molecular formula is C12H9Cl3FN3. The molecule has 0 aliphatic heterocycles. The quantitative estimate of drug-likeness (QED) is 0.838. The third-order valence-corrected chi connectivity index (χ3v) is 3.24. The highest BCUT2D eigenvalue weighted by molar-refractivity contribution is 6.37. The Labute approximate surface area is 124 Å². The molecule has 7 heteroatoms. The van der Waals surface area contributed by atoms with E-state index in [0.29, 0.717) is 27.4 Å². The van der Waals surface area contributed by atoms with E-state index in [9.17, 15) is 4.39 Å². The first-order valence-electron chi connectivity index (χ1n) is 5.27. The number of anilines is 3. The summed E-state index contributed by atoms with van der Waals surface area (Å²) in [7, 11) is 1.69. The standard InChI is InChI=1S/C12H9Cl3FN3/c1-17-11-8(14)5-9(15)12(19-11)18-10-3-2-6(16)4-7(10)13/h2-5H,1H3,(H2,17,18,19). The lowest BCUT2D eigenvalue weighted by Gasteiger charge is -2.11. The van der Waals surface area contributed by atoms with Crippen molar-refractivity contribution >= 4 is 52.1 Å². The van der Waals surface area contributed by atoms with Crippen molar-refractivity contribution < 1.29 is 4.39 Å². The molecule has 3 nitrogen and oxygen atoms in total. The smallest absolute Gasteiger partial charge is 0.151 e. The number of aromatic nitrogens is 1. The minimum atomic E-state index is -0.415. The number of benzene rings is 1. The van der Waals surface area contributed by atoms with Crippen molar-refractivity contribution in [2.24, 2.45) is 0 Å². The average molecular weight is 321 g/mol. The van der Waals surface area contributed by atoms with Gasteiger partial charge in [0.2, 0.25) is 0 Å². The maximum Gasteiger partial charge on any atom is 0.151 e. The summed E-state index contributed by atoms with van der Waals surface area (Å²) < 4.78 is 13.0. The van der Waals surface area contributed by atoms with Crippen LogP contribution in [0.15, 0.2) is 24.3 Å². The summed E-state index contributed by atoms with van der Waals surface area (Å²) in [4.78, 5) is 4.21.